The lowest BCUT2D eigenvalue weighted by atomic mass is 10.2. The van der Waals surface area contributed by atoms with Crippen molar-refractivity contribution in [1.82, 2.24) is 9.97 Å². The molecule has 0 amide bonds. The third-order valence-corrected chi connectivity index (χ3v) is 3.45. The molecule has 0 spiro atoms. The lowest BCUT2D eigenvalue weighted by Crippen LogP contribution is -2.13. The summed E-state index contributed by atoms with van der Waals surface area (Å²) in [6.07, 6.45) is 3.01. The largest absolute Gasteiger partial charge is 0.349 e. The number of hydrogen-bond donors (Lipinski definition) is 2. The van der Waals surface area contributed by atoms with E-state index in [9.17, 15) is 4.79 Å². The fourth-order valence-electron chi connectivity index (χ4n) is 2.28. The van der Waals surface area contributed by atoms with Crippen LogP contribution in [0.15, 0.2) is 24.3 Å². The molecule has 1 aliphatic heterocycles. The highest BCUT2D eigenvalue weighted by atomic mass is 16.1. The molecule has 2 aromatic rings. The van der Waals surface area contributed by atoms with Gasteiger partial charge in [-0.2, -0.15) is 0 Å². The number of rotatable bonds is 2. The summed E-state index contributed by atoms with van der Waals surface area (Å²) in [6, 6.07) is 7.83. The minimum atomic E-state index is 0.419. The Morgan fingerprint density at radius 2 is 1.84 bits per heavy atom. The Morgan fingerprint density at radius 1 is 1.11 bits per heavy atom. The number of nitrogens with zero attached hydrogens (tertiary/aromatic N) is 2. The van der Waals surface area contributed by atoms with E-state index in [4.69, 9.17) is 0 Å². The van der Waals surface area contributed by atoms with Gasteiger partial charge in [0.2, 0.25) is 0 Å². The van der Waals surface area contributed by atoms with Gasteiger partial charge in [0.1, 0.15) is 17.2 Å². The minimum absolute atomic E-state index is 0.419. The molecule has 5 nitrogen and oxygen atoms in total. The molecule has 1 saturated carbocycles. The molecule has 19 heavy (non-hydrogen) atoms. The lowest BCUT2D eigenvalue weighted by molar-refractivity contribution is 0.111. The number of benzene rings is 1. The highest BCUT2D eigenvalue weighted by Crippen LogP contribution is 2.42. The second-order valence-corrected chi connectivity index (χ2v) is 4.88. The van der Waals surface area contributed by atoms with Gasteiger partial charge in [-0.05, 0) is 25.0 Å². The first-order valence-corrected chi connectivity index (χ1v) is 6.35. The van der Waals surface area contributed by atoms with Crippen LogP contribution in [0.3, 0.4) is 0 Å². The first-order chi connectivity index (χ1) is 9.35. The van der Waals surface area contributed by atoms with Gasteiger partial charge in [0.25, 0.3) is 0 Å². The maximum atomic E-state index is 11.2. The zero-order valence-electron chi connectivity index (χ0n) is 10.2. The van der Waals surface area contributed by atoms with Crippen molar-refractivity contribution in [3.63, 3.8) is 0 Å². The van der Waals surface area contributed by atoms with E-state index in [1.807, 2.05) is 24.3 Å². The highest BCUT2D eigenvalue weighted by molar-refractivity contribution is 5.95. The van der Waals surface area contributed by atoms with Crippen molar-refractivity contribution in [1.29, 1.82) is 0 Å². The molecule has 1 aromatic heterocycles. The summed E-state index contributed by atoms with van der Waals surface area (Å²) in [5.41, 5.74) is 2.99. The molecule has 2 N–H and O–H groups in total. The number of fused-ring (bicyclic) bond motifs is 2. The smallest absolute Gasteiger partial charge is 0.170 e. The molecular weight excluding hydrogens is 240 g/mol. The molecule has 0 saturated heterocycles. The maximum Gasteiger partial charge on any atom is 0.170 e. The molecule has 0 bridgehead atoms. The Morgan fingerprint density at radius 3 is 2.53 bits per heavy atom. The third kappa shape index (κ3) is 1.66. The topological polar surface area (TPSA) is 66.9 Å². The average Bonchev–Trinajstić information content (AvgIpc) is 3.28. The van der Waals surface area contributed by atoms with Crippen LogP contribution in [0.5, 0.6) is 0 Å². The van der Waals surface area contributed by atoms with Crippen LogP contribution >= 0.6 is 0 Å². The van der Waals surface area contributed by atoms with E-state index >= 15 is 0 Å². The van der Waals surface area contributed by atoms with Crippen molar-refractivity contribution in [2.24, 2.45) is 0 Å². The van der Waals surface area contributed by atoms with Crippen molar-refractivity contribution in [3.8, 4) is 0 Å². The summed E-state index contributed by atoms with van der Waals surface area (Å²) in [7, 11) is 0. The van der Waals surface area contributed by atoms with E-state index in [0.29, 0.717) is 23.1 Å². The fourth-order valence-corrected chi connectivity index (χ4v) is 2.28. The molecule has 0 atom stereocenters. The molecule has 1 fully saturated rings. The predicted octanol–water partition coefficient (Wildman–Crippen LogP) is 2.97. The Hall–Kier alpha value is -2.43. The van der Waals surface area contributed by atoms with Crippen LogP contribution in [0, 0.1) is 0 Å². The monoisotopic (exact) mass is 252 g/mol. The number of nitrogens with one attached hydrogen (secondary N) is 2. The zero-order chi connectivity index (χ0) is 12.8. The Kier molecular flexibility index (Phi) is 2.09. The molecule has 0 radical (unpaired) electrons. The second-order valence-electron chi connectivity index (χ2n) is 4.88. The molecule has 2 aliphatic rings. The van der Waals surface area contributed by atoms with Crippen LogP contribution in [0.25, 0.3) is 0 Å². The van der Waals surface area contributed by atoms with Crippen LogP contribution in [-0.4, -0.2) is 16.3 Å². The third-order valence-electron chi connectivity index (χ3n) is 3.45. The molecule has 4 rings (SSSR count). The zero-order valence-corrected chi connectivity index (χ0v) is 10.2. The van der Waals surface area contributed by atoms with Gasteiger partial charge in [0.05, 0.1) is 11.4 Å². The molecular formula is C14H12N4O. The van der Waals surface area contributed by atoms with E-state index in [1.165, 1.54) is 0 Å². The summed E-state index contributed by atoms with van der Waals surface area (Å²) in [6.45, 7) is 0. The number of carbonyl (C=O) groups is 1. The number of aldehydes is 1. The van der Waals surface area contributed by atoms with Crippen LogP contribution in [0.2, 0.25) is 0 Å². The van der Waals surface area contributed by atoms with Gasteiger partial charge in [0.15, 0.2) is 12.1 Å². The molecule has 2 heterocycles. The summed E-state index contributed by atoms with van der Waals surface area (Å²) in [5, 5.41) is 6.49. The van der Waals surface area contributed by atoms with E-state index in [-0.39, 0.29) is 0 Å². The van der Waals surface area contributed by atoms with Crippen LogP contribution in [0.1, 0.15) is 35.1 Å². The molecule has 5 heteroatoms. The van der Waals surface area contributed by atoms with Crippen LogP contribution in [-0.2, 0) is 0 Å². The van der Waals surface area contributed by atoms with Crippen molar-refractivity contribution < 1.29 is 4.79 Å². The fraction of sp³-hybridized carbons (Fsp3) is 0.214. The van der Waals surface area contributed by atoms with E-state index < -0.39 is 0 Å². The van der Waals surface area contributed by atoms with Crippen LogP contribution in [0.4, 0.5) is 22.9 Å². The normalized spacial score (nSPS) is 15.8. The van der Waals surface area contributed by atoms with E-state index in [2.05, 4.69) is 20.6 Å². The number of hydrogen-bond acceptors (Lipinski definition) is 5. The van der Waals surface area contributed by atoms with E-state index in [1.54, 1.807) is 0 Å². The number of para-hydroxylation sites is 2. The molecule has 1 aliphatic carbocycles. The first kappa shape index (κ1) is 10.5. The average molecular weight is 252 g/mol. The van der Waals surface area contributed by atoms with Crippen molar-refractivity contribution in [2.75, 3.05) is 10.6 Å². The van der Waals surface area contributed by atoms with Gasteiger partial charge >= 0.3 is 0 Å². The highest BCUT2D eigenvalue weighted by Gasteiger charge is 2.29. The van der Waals surface area contributed by atoms with Gasteiger partial charge in [-0.15, -0.1) is 0 Å². The number of aromatic nitrogens is 2. The Bertz CT molecular complexity index is 679. The number of anilines is 4. The number of carbonyl (C=O) groups excluding carboxylic acids is 1. The molecule has 0 unspecified atom stereocenters. The SMILES string of the molecule is O=Cc1nc(C2CC2)nc2c1Nc1ccccc1N2. The van der Waals surface area contributed by atoms with Gasteiger partial charge in [-0.3, -0.25) is 4.79 Å². The van der Waals surface area contributed by atoms with Gasteiger partial charge in [-0.25, -0.2) is 9.97 Å². The minimum Gasteiger partial charge on any atom is -0.349 e. The predicted molar refractivity (Wildman–Crippen MR) is 72.4 cm³/mol. The van der Waals surface area contributed by atoms with E-state index in [0.717, 1.165) is 36.3 Å². The maximum absolute atomic E-state index is 11.2. The lowest BCUT2D eigenvalue weighted by Gasteiger charge is -2.23. The Balaban J connectivity index is 1.85. The summed E-state index contributed by atoms with van der Waals surface area (Å²) in [5.74, 6) is 1.88. The standard InChI is InChI=1S/C14H12N4O/c19-7-11-12-14(18-13(17-11)8-5-6-8)16-10-4-2-1-3-9(10)15-12/h1-4,7-8,15H,5-6H2,(H,16,17,18). The summed E-state index contributed by atoms with van der Waals surface area (Å²) >= 11 is 0. The van der Waals surface area contributed by atoms with Gasteiger partial charge in [0, 0.05) is 5.92 Å². The van der Waals surface area contributed by atoms with Crippen LogP contribution < -0.4 is 10.6 Å². The quantitative estimate of drug-likeness (QED) is 0.686. The summed E-state index contributed by atoms with van der Waals surface area (Å²) < 4.78 is 0. The van der Waals surface area contributed by atoms with Crippen molar-refractivity contribution >= 4 is 29.2 Å². The van der Waals surface area contributed by atoms with Gasteiger partial charge in [-0.1, -0.05) is 12.1 Å². The second kappa shape index (κ2) is 3.78. The van der Waals surface area contributed by atoms with Crippen molar-refractivity contribution in [2.45, 2.75) is 18.8 Å². The molecule has 94 valence electrons. The molecule has 1 aromatic carbocycles. The Labute approximate surface area is 110 Å². The first-order valence-electron chi connectivity index (χ1n) is 6.35. The van der Waals surface area contributed by atoms with Crippen molar-refractivity contribution in [3.05, 3.63) is 35.8 Å². The van der Waals surface area contributed by atoms with Gasteiger partial charge < -0.3 is 10.6 Å². The summed E-state index contributed by atoms with van der Waals surface area (Å²) in [4.78, 5) is 20.1.